The first-order valence-corrected chi connectivity index (χ1v) is 2.95. The van der Waals surface area contributed by atoms with Crippen LogP contribution in [0.1, 0.15) is 12.5 Å². The van der Waals surface area contributed by atoms with E-state index in [9.17, 15) is 0 Å². The minimum atomic E-state index is 0. The average Bonchev–Trinajstić information content (AvgIpc) is 1.90. The van der Waals surface area contributed by atoms with Crippen LogP contribution in [-0.4, -0.2) is 0 Å². The fourth-order valence-electron chi connectivity index (χ4n) is 0.701. The maximum absolute atomic E-state index is 5.53. The fraction of sp³-hybridized carbons (Fsp3) is 0.125. The van der Waals surface area contributed by atoms with Gasteiger partial charge in [0.1, 0.15) is 0 Å². The molecule has 10 heavy (non-hydrogen) atoms. The second-order valence-electron chi connectivity index (χ2n) is 2.05. The zero-order chi connectivity index (χ0) is 6.69. The molecule has 0 spiro atoms. The second-order valence-corrected chi connectivity index (χ2v) is 2.05. The van der Waals surface area contributed by atoms with Crippen LogP contribution in [0.15, 0.2) is 30.3 Å². The first kappa shape index (κ1) is 9.65. The molecule has 0 fully saturated rings. The third-order valence-corrected chi connectivity index (χ3v) is 1.23. The molecular formula is C8H10LiN. The van der Waals surface area contributed by atoms with Gasteiger partial charge in [0.05, 0.1) is 0 Å². The van der Waals surface area contributed by atoms with E-state index < -0.39 is 0 Å². The van der Waals surface area contributed by atoms with E-state index in [4.69, 9.17) is 5.73 Å². The molecule has 1 aromatic carbocycles. The van der Waals surface area contributed by atoms with Crippen LogP contribution in [0.3, 0.4) is 0 Å². The third-order valence-electron chi connectivity index (χ3n) is 1.23. The fourth-order valence-corrected chi connectivity index (χ4v) is 0.701. The van der Waals surface area contributed by atoms with Crippen molar-refractivity contribution in [3.63, 3.8) is 0 Å². The standard InChI is InChI=1S/C8H10N.Li/c1-7(9)8-5-3-2-4-6-8;/h2-6H,9H2,1H3;/q-1;+1. The zero-order valence-corrected chi connectivity index (χ0v) is 6.46. The minimum Gasteiger partial charge on any atom is -0.358 e. The van der Waals surface area contributed by atoms with Gasteiger partial charge in [-0.1, -0.05) is 13.0 Å². The van der Waals surface area contributed by atoms with E-state index in [1.807, 2.05) is 37.3 Å². The van der Waals surface area contributed by atoms with Crippen LogP contribution in [0.5, 0.6) is 0 Å². The summed E-state index contributed by atoms with van der Waals surface area (Å²) >= 11 is 0. The Bertz CT molecular complexity index is 172. The van der Waals surface area contributed by atoms with Crippen LogP contribution >= 0.6 is 0 Å². The molecule has 0 aliphatic rings. The average molecular weight is 127 g/mol. The molecule has 0 saturated heterocycles. The molecular weight excluding hydrogens is 117 g/mol. The second kappa shape index (κ2) is 4.46. The first-order valence-electron chi connectivity index (χ1n) is 2.95. The van der Waals surface area contributed by atoms with E-state index in [1.165, 1.54) is 0 Å². The van der Waals surface area contributed by atoms with Crippen molar-refractivity contribution in [2.24, 2.45) is 5.73 Å². The minimum absolute atomic E-state index is 0. The van der Waals surface area contributed by atoms with Crippen LogP contribution in [0.4, 0.5) is 0 Å². The summed E-state index contributed by atoms with van der Waals surface area (Å²) < 4.78 is 0. The maximum Gasteiger partial charge on any atom is 1.00 e. The molecule has 0 radical (unpaired) electrons. The van der Waals surface area contributed by atoms with Gasteiger partial charge in [0.25, 0.3) is 0 Å². The van der Waals surface area contributed by atoms with Gasteiger partial charge in [-0.15, -0.1) is 18.2 Å². The first-order chi connectivity index (χ1) is 4.30. The summed E-state index contributed by atoms with van der Waals surface area (Å²) in [5.41, 5.74) is 6.64. The zero-order valence-electron chi connectivity index (χ0n) is 6.46. The molecule has 1 nitrogen and oxygen atoms in total. The predicted octanol–water partition coefficient (Wildman–Crippen LogP) is -1.45. The van der Waals surface area contributed by atoms with Gasteiger partial charge in [-0.25, -0.2) is 0 Å². The monoisotopic (exact) mass is 127 g/mol. The van der Waals surface area contributed by atoms with Crippen LogP contribution in [0.25, 0.3) is 0 Å². The van der Waals surface area contributed by atoms with Crippen molar-refractivity contribution >= 4 is 0 Å². The van der Waals surface area contributed by atoms with Gasteiger partial charge in [0, 0.05) is 0 Å². The van der Waals surface area contributed by atoms with Crippen molar-refractivity contribution in [2.75, 3.05) is 0 Å². The molecule has 2 heteroatoms. The van der Waals surface area contributed by atoms with Crippen LogP contribution < -0.4 is 24.6 Å². The largest absolute Gasteiger partial charge is 1.00 e. The van der Waals surface area contributed by atoms with Crippen molar-refractivity contribution < 1.29 is 18.9 Å². The van der Waals surface area contributed by atoms with Crippen molar-refractivity contribution in [3.8, 4) is 0 Å². The van der Waals surface area contributed by atoms with Crippen molar-refractivity contribution in [1.82, 2.24) is 0 Å². The molecule has 2 N–H and O–H groups in total. The summed E-state index contributed by atoms with van der Waals surface area (Å²) in [5.74, 6) is 0. The molecule has 0 atom stereocenters. The van der Waals surface area contributed by atoms with Gasteiger partial charge in [-0.3, -0.25) is 0 Å². The number of nitrogens with two attached hydrogens (primary N) is 1. The van der Waals surface area contributed by atoms with E-state index in [0.29, 0.717) is 0 Å². The molecule has 0 unspecified atom stereocenters. The van der Waals surface area contributed by atoms with Gasteiger partial charge in [-0.2, -0.15) is 17.7 Å². The van der Waals surface area contributed by atoms with Gasteiger partial charge in [-0.05, 0) is 0 Å². The van der Waals surface area contributed by atoms with E-state index >= 15 is 0 Å². The summed E-state index contributed by atoms with van der Waals surface area (Å²) in [4.78, 5) is 0. The number of rotatable bonds is 1. The topological polar surface area (TPSA) is 26.0 Å². The number of hydrogen-bond acceptors (Lipinski definition) is 1. The quantitative estimate of drug-likeness (QED) is 0.362. The van der Waals surface area contributed by atoms with Gasteiger partial charge >= 0.3 is 18.9 Å². The molecule has 1 aromatic rings. The molecule has 0 amide bonds. The third kappa shape index (κ3) is 2.49. The summed E-state index contributed by atoms with van der Waals surface area (Å²) in [7, 11) is 0. The summed E-state index contributed by atoms with van der Waals surface area (Å²) in [6, 6.07) is 10.8. The normalized spacial score (nSPS) is 8.20. The van der Waals surface area contributed by atoms with Crippen LogP contribution in [0, 0.1) is 6.04 Å². The molecule has 1 rings (SSSR count). The Morgan fingerprint density at radius 2 is 1.70 bits per heavy atom. The van der Waals surface area contributed by atoms with Crippen molar-refractivity contribution in [2.45, 2.75) is 6.92 Å². The molecule has 48 valence electrons. The Morgan fingerprint density at radius 1 is 1.20 bits per heavy atom. The molecule has 0 bridgehead atoms. The molecule has 0 aromatic heterocycles. The van der Waals surface area contributed by atoms with Crippen LogP contribution in [0.2, 0.25) is 0 Å². The number of hydrogen-bond donors (Lipinski definition) is 1. The summed E-state index contributed by atoms with van der Waals surface area (Å²) in [6.07, 6.45) is 0. The van der Waals surface area contributed by atoms with Gasteiger partial charge in [0.15, 0.2) is 0 Å². The Labute approximate surface area is 73.8 Å². The maximum atomic E-state index is 5.53. The Kier molecular flexibility index (Phi) is 4.30. The molecule has 0 aliphatic heterocycles. The van der Waals surface area contributed by atoms with Crippen molar-refractivity contribution in [3.05, 3.63) is 41.9 Å². The Morgan fingerprint density at radius 3 is 2.00 bits per heavy atom. The van der Waals surface area contributed by atoms with Gasteiger partial charge in [0.2, 0.25) is 0 Å². The van der Waals surface area contributed by atoms with E-state index in [2.05, 4.69) is 0 Å². The smallest absolute Gasteiger partial charge is 0.358 e. The Balaban J connectivity index is 0.000000810. The van der Waals surface area contributed by atoms with Crippen LogP contribution in [-0.2, 0) is 0 Å². The number of benzene rings is 1. The van der Waals surface area contributed by atoms with E-state index in [-0.39, 0.29) is 18.9 Å². The molecule has 0 aliphatic carbocycles. The Hall–Kier alpha value is -0.353. The molecule has 0 heterocycles. The van der Waals surface area contributed by atoms with Gasteiger partial charge < -0.3 is 5.73 Å². The molecule has 0 saturated carbocycles. The SMILES string of the molecule is C[C-](N)c1ccccc1.[Li+]. The predicted molar refractivity (Wildman–Crippen MR) is 38.6 cm³/mol. The van der Waals surface area contributed by atoms with Crippen molar-refractivity contribution in [1.29, 1.82) is 0 Å². The summed E-state index contributed by atoms with van der Waals surface area (Å²) in [6.45, 7) is 1.90. The van der Waals surface area contributed by atoms with E-state index in [0.717, 1.165) is 11.6 Å². The summed E-state index contributed by atoms with van der Waals surface area (Å²) in [5, 5.41) is 0. The van der Waals surface area contributed by atoms with E-state index in [1.54, 1.807) is 0 Å².